The van der Waals surface area contributed by atoms with Gasteiger partial charge in [-0.05, 0) is 48.2 Å². The van der Waals surface area contributed by atoms with Crippen molar-refractivity contribution >= 4 is 41.2 Å². The van der Waals surface area contributed by atoms with E-state index in [2.05, 4.69) is 39.8 Å². The number of methoxy groups -OCH3 is 2. The molecule has 6 N–H and O–H groups in total. The van der Waals surface area contributed by atoms with Gasteiger partial charge in [-0.25, -0.2) is 4.98 Å². The average molecular weight is 667 g/mol. The Hall–Kier alpha value is -4.17. The molecule has 2 aromatic heterocycles. The minimum atomic E-state index is -1.12. The minimum Gasteiger partial charge on any atom is -0.497 e. The number of carbonyl (C=O) groups is 1. The van der Waals surface area contributed by atoms with E-state index >= 15 is 0 Å². The highest BCUT2D eigenvalue weighted by atomic mass is 35.5. The van der Waals surface area contributed by atoms with E-state index in [-0.39, 0.29) is 36.7 Å². The van der Waals surface area contributed by atoms with Crippen LogP contribution in [0.25, 0.3) is 11.2 Å². The van der Waals surface area contributed by atoms with Crippen LogP contribution in [0.5, 0.6) is 11.5 Å². The van der Waals surface area contributed by atoms with Gasteiger partial charge in [0.05, 0.1) is 32.6 Å². The molecule has 1 aliphatic carbocycles. The van der Waals surface area contributed by atoms with Crippen molar-refractivity contribution in [3.63, 3.8) is 0 Å². The number of aliphatic hydroxyl groups is 2. The van der Waals surface area contributed by atoms with Gasteiger partial charge in [0.2, 0.25) is 11.9 Å². The van der Waals surface area contributed by atoms with Gasteiger partial charge in [0.1, 0.15) is 23.7 Å². The third-order valence-corrected chi connectivity index (χ3v) is 9.10. The van der Waals surface area contributed by atoms with E-state index in [4.69, 9.17) is 30.2 Å². The van der Waals surface area contributed by atoms with Crippen LogP contribution in [-0.2, 0) is 4.79 Å². The molecule has 2 fully saturated rings. The van der Waals surface area contributed by atoms with Crippen molar-refractivity contribution in [1.29, 1.82) is 0 Å². The third kappa shape index (κ3) is 7.08. The SMILES string of the molecule is CCC(=O)N[C@H]1C[C@@H](n2cnc3c(NCC(c4ccc(OC)cc4)c4ccc(OC)cc4)nc(N4CC[C@@H](N)C4)nc32)[C@H](O)[C@@H]1O.Cl. The molecule has 1 saturated heterocycles. The van der Waals surface area contributed by atoms with Gasteiger partial charge in [-0.2, -0.15) is 9.97 Å². The van der Waals surface area contributed by atoms with Crippen molar-refractivity contribution in [2.24, 2.45) is 5.73 Å². The van der Waals surface area contributed by atoms with Gasteiger partial charge in [-0.15, -0.1) is 12.4 Å². The first kappa shape index (κ1) is 34.2. The Bertz CT molecular complexity index is 1610. The molecule has 0 bridgehead atoms. The number of ether oxygens (including phenoxy) is 2. The second-order valence-electron chi connectivity index (χ2n) is 12.0. The molecule has 14 heteroatoms. The van der Waals surface area contributed by atoms with E-state index in [1.54, 1.807) is 32.0 Å². The number of imidazole rings is 1. The van der Waals surface area contributed by atoms with Gasteiger partial charge in [0.15, 0.2) is 17.0 Å². The number of aliphatic hydroxyl groups excluding tert-OH is 2. The highest BCUT2D eigenvalue weighted by Crippen LogP contribution is 2.36. The fraction of sp³-hybridized carbons (Fsp3) is 0.455. The molecule has 2 aliphatic rings. The average Bonchev–Trinajstić information content (AvgIpc) is 3.79. The van der Waals surface area contributed by atoms with Crippen molar-refractivity contribution in [3.8, 4) is 11.5 Å². The first-order valence-corrected chi connectivity index (χ1v) is 15.7. The normalized spacial score (nSPS) is 22.4. The molecule has 1 amide bonds. The molecule has 6 rings (SSSR count). The lowest BCUT2D eigenvalue weighted by Gasteiger charge is -2.22. The summed E-state index contributed by atoms with van der Waals surface area (Å²) in [6.07, 6.45) is 0.821. The van der Waals surface area contributed by atoms with Crippen LogP contribution in [0.1, 0.15) is 49.3 Å². The summed E-state index contributed by atoms with van der Waals surface area (Å²) in [6, 6.07) is 14.9. The van der Waals surface area contributed by atoms with E-state index in [1.165, 1.54) is 0 Å². The second-order valence-corrected chi connectivity index (χ2v) is 12.0. The Balaban J connectivity index is 0.00000433. The summed E-state index contributed by atoms with van der Waals surface area (Å²) < 4.78 is 12.6. The maximum Gasteiger partial charge on any atom is 0.229 e. The summed E-state index contributed by atoms with van der Waals surface area (Å²) in [5.74, 6) is 2.38. The molecule has 252 valence electrons. The maximum absolute atomic E-state index is 12.1. The van der Waals surface area contributed by atoms with E-state index in [1.807, 2.05) is 24.3 Å². The van der Waals surface area contributed by atoms with Crippen molar-refractivity contribution in [1.82, 2.24) is 24.8 Å². The van der Waals surface area contributed by atoms with Gasteiger partial charge in [0, 0.05) is 38.0 Å². The van der Waals surface area contributed by atoms with Crippen molar-refractivity contribution in [2.75, 3.05) is 44.1 Å². The molecule has 3 heterocycles. The Morgan fingerprint density at radius 1 is 1.02 bits per heavy atom. The number of aromatic nitrogens is 4. The number of hydrogen-bond acceptors (Lipinski definition) is 11. The summed E-state index contributed by atoms with van der Waals surface area (Å²) >= 11 is 0. The quantitative estimate of drug-likeness (QED) is 0.159. The fourth-order valence-electron chi connectivity index (χ4n) is 6.42. The zero-order valence-electron chi connectivity index (χ0n) is 26.7. The van der Waals surface area contributed by atoms with Crippen LogP contribution in [0, 0.1) is 0 Å². The zero-order chi connectivity index (χ0) is 32.4. The van der Waals surface area contributed by atoms with Crippen LogP contribution in [0.4, 0.5) is 11.8 Å². The van der Waals surface area contributed by atoms with Crippen LogP contribution in [-0.4, -0.2) is 93.8 Å². The maximum atomic E-state index is 12.1. The first-order chi connectivity index (χ1) is 22.3. The number of nitrogens with one attached hydrogen (secondary N) is 2. The van der Waals surface area contributed by atoms with E-state index in [9.17, 15) is 15.0 Å². The van der Waals surface area contributed by atoms with Crippen LogP contribution >= 0.6 is 12.4 Å². The molecule has 1 aliphatic heterocycles. The van der Waals surface area contributed by atoms with Crippen LogP contribution in [0.2, 0.25) is 0 Å². The van der Waals surface area contributed by atoms with E-state index in [0.717, 1.165) is 35.6 Å². The molecule has 5 atom stereocenters. The molecule has 47 heavy (non-hydrogen) atoms. The van der Waals surface area contributed by atoms with Crippen molar-refractivity contribution in [3.05, 3.63) is 66.0 Å². The fourth-order valence-corrected chi connectivity index (χ4v) is 6.42. The molecule has 1 saturated carbocycles. The molecule has 0 radical (unpaired) electrons. The number of halogens is 1. The smallest absolute Gasteiger partial charge is 0.229 e. The Morgan fingerprint density at radius 2 is 1.66 bits per heavy atom. The number of amides is 1. The Kier molecular flexibility index (Phi) is 10.7. The minimum absolute atomic E-state index is 0. The van der Waals surface area contributed by atoms with Crippen LogP contribution in [0.15, 0.2) is 54.9 Å². The van der Waals surface area contributed by atoms with Gasteiger partial charge >= 0.3 is 0 Å². The number of benzene rings is 2. The summed E-state index contributed by atoms with van der Waals surface area (Å²) in [6.45, 7) is 3.58. The number of nitrogens with two attached hydrogens (primary N) is 1. The summed E-state index contributed by atoms with van der Waals surface area (Å²) in [5.41, 5.74) is 9.49. The number of nitrogens with zero attached hydrogens (tertiary/aromatic N) is 5. The number of rotatable bonds is 11. The van der Waals surface area contributed by atoms with Crippen molar-refractivity contribution < 1.29 is 24.5 Å². The molecule has 4 aromatic rings. The monoisotopic (exact) mass is 666 g/mol. The number of fused-ring (bicyclic) bond motifs is 1. The summed E-state index contributed by atoms with van der Waals surface area (Å²) in [4.78, 5) is 28.7. The topological polar surface area (TPSA) is 173 Å². The highest BCUT2D eigenvalue weighted by Gasteiger charge is 2.44. The second kappa shape index (κ2) is 14.7. The Morgan fingerprint density at radius 3 is 2.21 bits per heavy atom. The first-order valence-electron chi connectivity index (χ1n) is 15.7. The number of carbonyl (C=O) groups excluding carboxylic acids is 1. The summed E-state index contributed by atoms with van der Waals surface area (Å²) in [5, 5.41) is 28.3. The predicted molar refractivity (Wildman–Crippen MR) is 182 cm³/mol. The van der Waals surface area contributed by atoms with Crippen molar-refractivity contribution in [2.45, 2.75) is 62.4 Å². The summed E-state index contributed by atoms with van der Waals surface area (Å²) in [7, 11) is 3.29. The van der Waals surface area contributed by atoms with Gasteiger partial charge < -0.3 is 45.5 Å². The molecule has 0 unspecified atom stereocenters. The number of hydrogen-bond donors (Lipinski definition) is 5. The lowest BCUT2D eigenvalue weighted by molar-refractivity contribution is -0.122. The van der Waals surface area contributed by atoms with Crippen LogP contribution in [0.3, 0.4) is 0 Å². The van der Waals surface area contributed by atoms with Gasteiger partial charge in [-0.1, -0.05) is 31.2 Å². The van der Waals surface area contributed by atoms with E-state index < -0.39 is 24.3 Å². The molecule has 0 spiro atoms. The van der Waals surface area contributed by atoms with Gasteiger partial charge in [-0.3, -0.25) is 4.79 Å². The van der Waals surface area contributed by atoms with Crippen LogP contribution < -0.4 is 30.7 Å². The van der Waals surface area contributed by atoms with Gasteiger partial charge in [0.25, 0.3) is 0 Å². The standard InChI is InChI=1S/C33H42N8O5.ClH/c1-4-27(42)37-25-15-26(30(44)29(25)43)41-18-36-28-31(38-33(39-32(28)41)40-14-13-21(34)17-40)35-16-24(19-5-9-22(45-2)10-6-19)20-7-11-23(46-3)12-8-20;/h5-12,18,21,24-26,29-30,43-44H,4,13-17,34H2,1-3H3,(H,37,42)(H,35,38,39);1H/t21-,25+,26-,29-,30+;/m1./s1. The third-order valence-electron chi connectivity index (χ3n) is 9.10. The molecular formula is C33H43ClN8O5. The highest BCUT2D eigenvalue weighted by molar-refractivity contribution is 5.85. The van der Waals surface area contributed by atoms with E-state index in [0.29, 0.717) is 42.4 Å². The largest absolute Gasteiger partial charge is 0.497 e. The molecular weight excluding hydrogens is 624 g/mol. The molecule has 2 aromatic carbocycles. The predicted octanol–water partition coefficient (Wildman–Crippen LogP) is 2.61. The molecule has 13 nitrogen and oxygen atoms in total. The zero-order valence-corrected chi connectivity index (χ0v) is 27.6. The number of anilines is 2. The lowest BCUT2D eigenvalue weighted by atomic mass is 9.91. The lowest BCUT2D eigenvalue weighted by Crippen LogP contribution is -2.42. The Labute approximate surface area is 279 Å².